The van der Waals surface area contributed by atoms with Gasteiger partial charge in [-0.15, -0.1) is 0 Å². The van der Waals surface area contributed by atoms with Crippen LogP contribution in [0.15, 0.2) is 52.9 Å². The first-order valence-corrected chi connectivity index (χ1v) is 8.56. The molecule has 2 aromatic carbocycles. The van der Waals surface area contributed by atoms with E-state index in [4.69, 9.17) is 9.15 Å². The highest BCUT2D eigenvalue weighted by molar-refractivity contribution is 5.53. The van der Waals surface area contributed by atoms with E-state index in [1.807, 2.05) is 37.3 Å². The number of nitrogens with zero attached hydrogens (tertiary/aromatic N) is 1. The zero-order valence-corrected chi connectivity index (χ0v) is 13.9. The number of ether oxygens (including phenoxy) is 1. The average Bonchev–Trinajstić information content (AvgIpc) is 3.01. The first kappa shape index (κ1) is 15.0. The highest BCUT2D eigenvalue weighted by Gasteiger charge is 2.16. The molecule has 1 aliphatic rings. The predicted molar refractivity (Wildman–Crippen MR) is 94.1 cm³/mol. The molecule has 0 spiro atoms. The van der Waals surface area contributed by atoms with E-state index in [1.54, 1.807) is 0 Å². The maximum atomic E-state index is 6.10. The van der Waals surface area contributed by atoms with E-state index in [-0.39, 0.29) is 0 Å². The quantitative estimate of drug-likeness (QED) is 0.670. The van der Waals surface area contributed by atoms with Crippen LogP contribution < -0.4 is 4.74 Å². The molecule has 1 heterocycles. The summed E-state index contributed by atoms with van der Waals surface area (Å²) in [5.74, 6) is 2.47. The molecular weight excluding hydrogens is 298 g/mol. The zero-order valence-electron chi connectivity index (χ0n) is 13.9. The van der Waals surface area contributed by atoms with E-state index in [2.05, 4.69) is 23.2 Å². The van der Waals surface area contributed by atoms with Crippen molar-refractivity contribution >= 4 is 0 Å². The van der Waals surface area contributed by atoms with Crippen LogP contribution in [0.4, 0.5) is 0 Å². The lowest BCUT2D eigenvalue weighted by Crippen LogP contribution is -2.06. The topological polar surface area (TPSA) is 35.3 Å². The summed E-state index contributed by atoms with van der Waals surface area (Å²) in [6.45, 7) is 2.39. The largest absolute Gasteiger partial charge is 0.487 e. The summed E-state index contributed by atoms with van der Waals surface area (Å²) >= 11 is 0. The Bertz CT molecular complexity index is 836. The number of hydrogen-bond acceptors (Lipinski definition) is 3. The van der Waals surface area contributed by atoms with Gasteiger partial charge in [0, 0.05) is 5.56 Å². The van der Waals surface area contributed by atoms with E-state index in [0.717, 1.165) is 35.6 Å². The molecular formula is C21H21NO2. The van der Waals surface area contributed by atoms with Gasteiger partial charge in [-0.2, -0.15) is 0 Å². The monoisotopic (exact) mass is 319 g/mol. The van der Waals surface area contributed by atoms with E-state index in [1.165, 1.54) is 24.0 Å². The Balaban J connectivity index is 1.54. The number of fused-ring (bicyclic) bond motifs is 1. The molecule has 122 valence electrons. The number of aromatic nitrogens is 1. The molecule has 1 aromatic heterocycles. The summed E-state index contributed by atoms with van der Waals surface area (Å²) in [5, 5.41) is 0. The van der Waals surface area contributed by atoms with Crippen LogP contribution in [0.25, 0.3) is 11.5 Å². The molecule has 0 N–H and O–H groups in total. The lowest BCUT2D eigenvalue weighted by Gasteiger charge is -2.19. The van der Waals surface area contributed by atoms with Crippen LogP contribution in [0.5, 0.6) is 5.75 Å². The number of hydrogen-bond donors (Lipinski definition) is 0. The van der Waals surface area contributed by atoms with E-state index < -0.39 is 0 Å². The second-order valence-corrected chi connectivity index (χ2v) is 6.28. The third kappa shape index (κ3) is 2.94. The van der Waals surface area contributed by atoms with Gasteiger partial charge in [0.15, 0.2) is 0 Å². The van der Waals surface area contributed by atoms with Gasteiger partial charge in [-0.1, -0.05) is 30.3 Å². The summed E-state index contributed by atoms with van der Waals surface area (Å²) in [5.41, 5.74) is 4.65. The van der Waals surface area contributed by atoms with E-state index >= 15 is 0 Å². The summed E-state index contributed by atoms with van der Waals surface area (Å²) in [6.07, 6.45) is 4.79. The molecule has 0 fully saturated rings. The minimum atomic E-state index is 0.443. The lowest BCUT2D eigenvalue weighted by molar-refractivity contribution is 0.295. The zero-order chi connectivity index (χ0) is 16.4. The van der Waals surface area contributed by atoms with Crippen LogP contribution >= 0.6 is 0 Å². The molecule has 3 aromatic rings. The standard InChI is InChI=1S/C21H21NO2/c1-15-19(22-21(24-15)17-9-3-2-4-10-17)14-23-20-13-7-11-16-8-5-6-12-18(16)20/h2-4,7,9-11,13H,5-6,8,12,14H2,1H3. The van der Waals surface area contributed by atoms with Gasteiger partial charge < -0.3 is 9.15 Å². The van der Waals surface area contributed by atoms with Crippen LogP contribution in [-0.2, 0) is 19.4 Å². The Labute approximate surface area is 142 Å². The van der Waals surface area contributed by atoms with Crippen molar-refractivity contribution in [2.45, 2.75) is 39.2 Å². The van der Waals surface area contributed by atoms with Gasteiger partial charge in [0.2, 0.25) is 5.89 Å². The third-order valence-electron chi connectivity index (χ3n) is 4.63. The van der Waals surface area contributed by atoms with Crippen LogP contribution in [0.1, 0.15) is 35.4 Å². The van der Waals surface area contributed by atoms with Gasteiger partial charge in [0.25, 0.3) is 0 Å². The minimum absolute atomic E-state index is 0.443. The maximum Gasteiger partial charge on any atom is 0.226 e. The van der Waals surface area contributed by atoms with Crippen molar-refractivity contribution < 1.29 is 9.15 Å². The van der Waals surface area contributed by atoms with Crippen molar-refractivity contribution in [1.29, 1.82) is 0 Å². The second kappa shape index (κ2) is 6.52. The van der Waals surface area contributed by atoms with Gasteiger partial charge in [0.05, 0.1) is 0 Å². The van der Waals surface area contributed by atoms with E-state index in [0.29, 0.717) is 12.5 Å². The number of aryl methyl sites for hydroxylation is 2. The van der Waals surface area contributed by atoms with Crippen molar-refractivity contribution in [1.82, 2.24) is 4.98 Å². The van der Waals surface area contributed by atoms with Crippen molar-refractivity contribution in [2.24, 2.45) is 0 Å². The Morgan fingerprint density at radius 3 is 2.71 bits per heavy atom. The van der Waals surface area contributed by atoms with Crippen LogP contribution in [0.3, 0.4) is 0 Å². The fourth-order valence-corrected chi connectivity index (χ4v) is 3.29. The molecule has 1 aliphatic carbocycles. The molecule has 4 rings (SSSR count). The highest BCUT2D eigenvalue weighted by Crippen LogP contribution is 2.30. The lowest BCUT2D eigenvalue weighted by atomic mass is 9.91. The SMILES string of the molecule is Cc1oc(-c2ccccc2)nc1COc1cccc2c1CCCC2. The fourth-order valence-electron chi connectivity index (χ4n) is 3.29. The highest BCUT2D eigenvalue weighted by atomic mass is 16.5. The normalized spacial score (nSPS) is 13.5. The van der Waals surface area contributed by atoms with Gasteiger partial charge in [0.1, 0.15) is 23.8 Å². The number of rotatable bonds is 4. The van der Waals surface area contributed by atoms with Gasteiger partial charge in [-0.05, 0) is 61.9 Å². The van der Waals surface area contributed by atoms with Gasteiger partial charge >= 0.3 is 0 Å². The molecule has 0 radical (unpaired) electrons. The minimum Gasteiger partial charge on any atom is -0.487 e. The Hall–Kier alpha value is -2.55. The first-order chi connectivity index (χ1) is 11.8. The average molecular weight is 319 g/mol. The number of benzene rings is 2. The fraction of sp³-hybridized carbons (Fsp3) is 0.286. The maximum absolute atomic E-state index is 6.10. The summed E-state index contributed by atoms with van der Waals surface area (Å²) in [6, 6.07) is 16.3. The Morgan fingerprint density at radius 1 is 1.00 bits per heavy atom. The summed E-state index contributed by atoms with van der Waals surface area (Å²) in [4.78, 5) is 4.62. The molecule has 0 saturated heterocycles. The van der Waals surface area contributed by atoms with Gasteiger partial charge in [-0.3, -0.25) is 0 Å². The first-order valence-electron chi connectivity index (χ1n) is 8.56. The molecule has 3 nitrogen and oxygen atoms in total. The predicted octanol–water partition coefficient (Wildman–Crippen LogP) is 5.11. The number of oxazole rings is 1. The molecule has 0 saturated carbocycles. The molecule has 0 unspecified atom stereocenters. The molecule has 3 heteroatoms. The van der Waals surface area contributed by atoms with E-state index in [9.17, 15) is 0 Å². The molecule has 24 heavy (non-hydrogen) atoms. The van der Waals surface area contributed by atoms with Crippen molar-refractivity contribution in [2.75, 3.05) is 0 Å². The third-order valence-corrected chi connectivity index (χ3v) is 4.63. The van der Waals surface area contributed by atoms with Crippen LogP contribution in [0.2, 0.25) is 0 Å². The van der Waals surface area contributed by atoms with Gasteiger partial charge in [-0.25, -0.2) is 4.98 Å². The molecule has 0 amide bonds. The van der Waals surface area contributed by atoms with Crippen LogP contribution in [0, 0.1) is 6.92 Å². The second-order valence-electron chi connectivity index (χ2n) is 6.28. The van der Waals surface area contributed by atoms with Crippen molar-refractivity contribution in [3.8, 4) is 17.2 Å². The van der Waals surface area contributed by atoms with Crippen molar-refractivity contribution in [3.05, 3.63) is 71.1 Å². The molecule has 0 atom stereocenters. The Kier molecular flexibility index (Phi) is 4.08. The summed E-state index contributed by atoms with van der Waals surface area (Å²) in [7, 11) is 0. The van der Waals surface area contributed by atoms with Crippen molar-refractivity contribution in [3.63, 3.8) is 0 Å². The smallest absolute Gasteiger partial charge is 0.226 e. The molecule has 0 aliphatic heterocycles. The summed E-state index contributed by atoms with van der Waals surface area (Å²) < 4.78 is 11.9. The molecule has 0 bridgehead atoms. The Morgan fingerprint density at radius 2 is 1.83 bits per heavy atom. The van der Waals surface area contributed by atoms with Crippen LogP contribution in [-0.4, -0.2) is 4.98 Å².